The number of carbonyl (C=O) groups excluding carboxylic acids is 2. The molecule has 0 atom stereocenters. The summed E-state index contributed by atoms with van der Waals surface area (Å²) in [6.45, 7) is 12.2. The van der Waals surface area contributed by atoms with E-state index in [4.69, 9.17) is 4.74 Å². The third-order valence-corrected chi connectivity index (χ3v) is 6.64. The molecule has 0 aliphatic carbocycles. The summed E-state index contributed by atoms with van der Waals surface area (Å²) in [6, 6.07) is 18.2. The van der Waals surface area contributed by atoms with Crippen LogP contribution in [0.1, 0.15) is 54.8 Å². The number of carbonyl (C=O) groups is 2. The van der Waals surface area contributed by atoms with E-state index in [1.807, 2.05) is 56.3 Å². The summed E-state index contributed by atoms with van der Waals surface area (Å²) < 4.78 is 7.24. The molecule has 0 radical (unpaired) electrons. The Morgan fingerprint density at radius 3 is 2.23 bits per heavy atom. The van der Waals surface area contributed by atoms with E-state index in [-0.39, 0.29) is 5.91 Å². The average molecular weight is 469 g/mol. The Hall–Kier alpha value is -3.86. The molecule has 0 saturated heterocycles. The van der Waals surface area contributed by atoms with Gasteiger partial charge in [-0.2, -0.15) is 0 Å². The number of methoxy groups -OCH3 is 1. The predicted octanol–water partition coefficient (Wildman–Crippen LogP) is 6.40. The molecular formula is C30H32N2O3. The van der Waals surface area contributed by atoms with Crippen LogP contribution in [0.5, 0.6) is 0 Å². The fourth-order valence-corrected chi connectivity index (χ4v) is 4.75. The summed E-state index contributed by atoms with van der Waals surface area (Å²) in [5, 5.41) is 0. The van der Waals surface area contributed by atoms with Crippen LogP contribution >= 0.6 is 0 Å². The zero-order valence-corrected chi connectivity index (χ0v) is 21.5. The van der Waals surface area contributed by atoms with Crippen LogP contribution in [0.25, 0.3) is 11.8 Å². The van der Waals surface area contributed by atoms with E-state index >= 15 is 0 Å². The lowest BCUT2D eigenvalue weighted by atomic mass is 10.0. The number of nitrogens with zero attached hydrogens (tertiary/aromatic N) is 2. The molecule has 2 heterocycles. The fraction of sp³-hybridized carbons (Fsp3) is 0.267. The summed E-state index contributed by atoms with van der Waals surface area (Å²) in [5.74, 6) is -0.365. The van der Waals surface area contributed by atoms with E-state index in [0.717, 1.165) is 28.3 Å². The highest BCUT2D eigenvalue weighted by atomic mass is 16.5. The molecule has 0 fully saturated rings. The van der Waals surface area contributed by atoms with Gasteiger partial charge in [-0.15, -0.1) is 0 Å². The summed E-state index contributed by atoms with van der Waals surface area (Å²) in [5.41, 5.74) is 8.29. The Kier molecular flexibility index (Phi) is 6.53. The smallest absolute Gasteiger partial charge is 0.340 e. The molecule has 180 valence electrons. The van der Waals surface area contributed by atoms with Crippen LogP contribution in [0, 0.1) is 20.8 Å². The standard InChI is InChI=1S/C30H32N2O3/c1-18(2)23-11-13-25(14-12-23)32-22(6)28(30(34)35-7)27(29(32)33)17-24-16-20(4)31(21(24)5)26-10-8-9-19(3)15-26/h8-18H,1-7H3/b27-17-. The van der Waals surface area contributed by atoms with Crippen LogP contribution in [-0.2, 0) is 14.3 Å². The maximum atomic E-state index is 13.7. The molecule has 0 N–H and O–H groups in total. The lowest BCUT2D eigenvalue weighted by molar-refractivity contribution is -0.136. The second kappa shape index (κ2) is 9.41. The van der Waals surface area contributed by atoms with Crippen LogP contribution in [0.3, 0.4) is 0 Å². The maximum absolute atomic E-state index is 13.7. The van der Waals surface area contributed by atoms with E-state index in [9.17, 15) is 9.59 Å². The van der Waals surface area contributed by atoms with Crippen LogP contribution in [-0.4, -0.2) is 23.6 Å². The minimum atomic E-state index is -0.518. The molecule has 2 aromatic carbocycles. The van der Waals surface area contributed by atoms with Crippen molar-refractivity contribution in [1.29, 1.82) is 0 Å². The lowest BCUT2D eigenvalue weighted by Crippen LogP contribution is -2.24. The van der Waals surface area contributed by atoms with Crippen molar-refractivity contribution in [1.82, 2.24) is 4.57 Å². The number of allylic oxidation sites excluding steroid dienone is 1. The third-order valence-electron chi connectivity index (χ3n) is 6.64. The highest BCUT2D eigenvalue weighted by molar-refractivity contribution is 6.23. The summed E-state index contributed by atoms with van der Waals surface area (Å²) in [6.07, 6.45) is 1.81. The van der Waals surface area contributed by atoms with E-state index in [2.05, 4.69) is 43.5 Å². The number of benzene rings is 2. The van der Waals surface area contributed by atoms with Gasteiger partial charge >= 0.3 is 5.97 Å². The van der Waals surface area contributed by atoms with Crippen molar-refractivity contribution in [2.75, 3.05) is 12.0 Å². The molecule has 4 rings (SSSR count). The number of hydrogen-bond acceptors (Lipinski definition) is 3. The number of aryl methyl sites for hydroxylation is 2. The van der Waals surface area contributed by atoms with E-state index in [1.54, 1.807) is 11.8 Å². The first-order chi connectivity index (χ1) is 16.6. The molecule has 1 aliphatic rings. The topological polar surface area (TPSA) is 51.5 Å². The third kappa shape index (κ3) is 4.34. The van der Waals surface area contributed by atoms with Crippen molar-refractivity contribution >= 4 is 23.6 Å². The van der Waals surface area contributed by atoms with Gasteiger partial charge in [-0.3, -0.25) is 9.69 Å². The minimum absolute atomic E-state index is 0.236. The van der Waals surface area contributed by atoms with Crippen molar-refractivity contribution in [3.63, 3.8) is 0 Å². The first-order valence-corrected chi connectivity index (χ1v) is 11.9. The van der Waals surface area contributed by atoms with Gasteiger partial charge in [0.15, 0.2) is 0 Å². The zero-order valence-electron chi connectivity index (χ0n) is 21.5. The van der Waals surface area contributed by atoms with Crippen LogP contribution in [0.2, 0.25) is 0 Å². The van der Waals surface area contributed by atoms with Gasteiger partial charge in [0.05, 0.1) is 18.3 Å². The van der Waals surface area contributed by atoms with Gasteiger partial charge in [0.1, 0.15) is 0 Å². The molecule has 5 nitrogen and oxygen atoms in total. The van der Waals surface area contributed by atoms with Crippen molar-refractivity contribution in [3.05, 3.63) is 99.5 Å². The summed E-state index contributed by atoms with van der Waals surface area (Å²) in [7, 11) is 1.34. The van der Waals surface area contributed by atoms with Crippen molar-refractivity contribution in [3.8, 4) is 5.69 Å². The number of amides is 1. The molecule has 0 unspecified atom stereocenters. The lowest BCUT2D eigenvalue weighted by Gasteiger charge is -2.19. The monoisotopic (exact) mass is 468 g/mol. The van der Waals surface area contributed by atoms with Gasteiger partial charge in [0.25, 0.3) is 5.91 Å². The normalized spacial score (nSPS) is 15.0. The first kappa shape index (κ1) is 24.3. The number of ether oxygens (including phenoxy) is 1. The van der Waals surface area contributed by atoms with Crippen molar-refractivity contribution in [2.45, 2.75) is 47.5 Å². The van der Waals surface area contributed by atoms with Gasteiger partial charge in [-0.25, -0.2) is 4.79 Å². The molecule has 5 heteroatoms. The van der Waals surface area contributed by atoms with Crippen LogP contribution in [0.4, 0.5) is 5.69 Å². The highest BCUT2D eigenvalue weighted by Gasteiger charge is 2.38. The summed E-state index contributed by atoms with van der Waals surface area (Å²) in [4.78, 5) is 28.1. The highest BCUT2D eigenvalue weighted by Crippen LogP contribution is 2.36. The molecule has 3 aromatic rings. The van der Waals surface area contributed by atoms with Gasteiger partial charge in [0, 0.05) is 28.5 Å². The van der Waals surface area contributed by atoms with Gasteiger partial charge < -0.3 is 9.30 Å². The maximum Gasteiger partial charge on any atom is 0.340 e. The van der Waals surface area contributed by atoms with Gasteiger partial charge in [-0.1, -0.05) is 38.1 Å². The quantitative estimate of drug-likeness (QED) is 0.321. The molecule has 1 aliphatic heterocycles. The van der Waals surface area contributed by atoms with Gasteiger partial charge in [-0.05, 0) is 86.7 Å². The molecule has 0 bridgehead atoms. The molecule has 0 spiro atoms. The van der Waals surface area contributed by atoms with Crippen molar-refractivity contribution < 1.29 is 14.3 Å². The minimum Gasteiger partial charge on any atom is -0.465 e. The Bertz CT molecular complexity index is 1370. The van der Waals surface area contributed by atoms with Gasteiger partial charge in [0.2, 0.25) is 0 Å². The zero-order chi connectivity index (χ0) is 25.4. The Balaban J connectivity index is 1.82. The number of esters is 1. The first-order valence-electron chi connectivity index (χ1n) is 11.9. The molecule has 1 aromatic heterocycles. The largest absolute Gasteiger partial charge is 0.465 e. The second-order valence-electron chi connectivity index (χ2n) is 9.40. The second-order valence-corrected chi connectivity index (χ2v) is 9.40. The van der Waals surface area contributed by atoms with E-state index in [1.165, 1.54) is 18.2 Å². The Morgan fingerprint density at radius 1 is 0.943 bits per heavy atom. The van der Waals surface area contributed by atoms with Crippen LogP contribution < -0.4 is 4.90 Å². The molecule has 1 amide bonds. The van der Waals surface area contributed by atoms with Crippen molar-refractivity contribution in [2.24, 2.45) is 0 Å². The molecular weight excluding hydrogens is 436 g/mol. The Labute approximate surface area is 207 Å². The number of aromatic nitrogens is 1. The predicted molar refractivity (Wildman–Crippen MR) is 141 cm³/mol. The number of anilines is 1. The molecule has 0 saturated carbocycles. The number of hydrogen-bond donors (Lipinski definition) is 0. The SMILES string of the molecule is COC(=O)C1=C(C)N(c2ccc(C(C)C)cc2)C(=O)/C1=C\c1cc(C)n(-c2cccc(C)c2)c1C. The Morgan fingerprint density at radius 2 is 1.63 bits per heavy atom. The van der Waals surface area contributed by atoms with E-state index in [0.29, 0.717) is 22.8 Å². The van der Waals surface area contributed by atoms with E-state index < -0.39 is 5.97 Å². The molecule has 35 heavy (non-hydrogen) atoms. The number of rotatable bonds is 5. The average Bonchev–Trinajstić information content (AvgIpc) is 3.24. The van der Waals surface area contributed by atoms with Crippen LogP contribution in [0.15, 0.2) is 71.4 Å². The summed E-state index contributed by atoms with van der Waals surface area (Å²) >= 11 is 0. The fourth-order valence-electron chi connectivity index (χ4n) is 4.75.